The third-order valence-corrected chi connectivity index (χ3v) is 5.55. The summed E-state index contributed by atoms with van der Waals surface area (Å²) < 4.78 is 0. The normalized spacial score (nSPS) is 22.2. The molecule has 1 saturated heterocycles. The van der Waals surface area contributed by atoms with Crippen LogP contribution in [0.5, 0.6) is 0 Å². The number of aryl methyl sites for hydroxylation is 1. The van der Waals surface area contributed by atoms with Crippen molar-refractivity contribution in [2.45, 2.75) is 37.9 Å². The van der Waals surface area contributed by atoms with Crippen LogP contribution in [0.25, 0.3) is 0 Å². The summed E-state index contributed by atoms with van der Waals surface area (Å²) >= 11 is 2.52. The zero-order valence-corrected chi connectivity index (χ0v) is 12.7. The summed E-state index contributed by atoms with van der Waals surface area (Å²) in [5.41, 5.74) is 0.830. The average molecular weight is 310 g/mol. The SMILES string of the molecule is CC(=O)SC1CC(=O)N(c2nc3c(s2)C(=O)CCC3)C1. The van der Waals surface area contributed by atoms with Gasteiger partial charge in [0.25, 0.3) is 0 Å². The number of aromatic nitrogens is 1. The van der Waals surface area contributed by atoms with E-state index in [1.165, 1.54) is 30.0 Å². The molecular weight excluding hydrogens is 296 g/mol. The summed E-state index contributed by atoms with van der Waals surface area (Å²) in [6, 6.07) is 0. The third kappa shape index (κ3) is 2.52. The maximum absolute atomic E-state index is 12.0. The summed E-state index contributed by atoms with van der Waals surface area (Å²) in [7, 11) is 0. The zero-order valence-electron chi connectivity index (χ0n) is 11.0. The van der Waals surface area contributed by atoms with Gasteiger partial charge in [0.15, 0.2) is 16.0 Å². The Bertz CT molecular complexity index is 596. The Morgan fingerprint density at radius 3 is 2.90 bits per heavy atom. The molecule has 7 heteroatoms. The van der Waals surface area contributed by atoms with Crippen molar-refractivity contribution in [3.8, 4) is 0 Å². The Kier molecular flexibility index (Phi) is 3.64. The molecule has 1 aromatic heterocycles. The number of thiazole rings is 1. The van der Waals surface area contributed by atoms with Crippen LogP contribution in [0.4, 0.5) is 5.13 Å². The molecular formula is C13H14N2O3S2. The fourth-order valence-corrected chi connectivity index (χ4v) is 4.57. The molecule has 2 heterocycles. The summed E-state index contributed by atoms with van der Waals surface area (Å²) in [4.78, 5) is 41.8. The minimum atomic E-state index is -0.0118. The van der Waals surface area contributed by atoms with E-state index in [1.54, 1.807) is 4.90 Å². The van der Waals surface area contributed by atoms with Crippen molar-refractivity contribution >= 4 is 45.0 Å². The minimum Gasteiger partial charge on any atom is -0.293 e. The number of hydrogen-bond acceptors (Lipinski definition) is 6. The van der Waals surface area contributed by atoms with Gasteiger partial charge in [-0.3, -0.25) is 19.3 Å². The number of thioether (sulfide) groups is 1. The first kappa shape index (κ1) is 13.8. The smallest absolute Gasteiger partial charge is 0.230 e. The van der Waals surface area contributed by atoms with Crippen molar-refractivity contribution in [2.75, 3.05) is 11.4 Å². The molecule has 2 aliphatic rings. The van der Waals surface area contributed by atoms with Gasteiger partial charge in [0, 0.05) is 31.6 Å². The number of amides is 1. The fraction of sp³-hybridized carbons (Fsp3) is 0.538. The maximum Gasteiger partial charge on any atom is 0.230 e. The monoisotopic (exact) mass is 310 g/mol. The predicted octanol–water partition coefficient (Wildman–Crippen LogP) is 2.05. The number of Topliss-reactive ketones (excluding diaryl/α,β-unsaturated/α-hetero) is 1. The highest BCUT2D eigenvalue weighted by Crippen LogP contribution is 2.35. The van der Waals surface area contributed by atoms with Crippen LogP contribution in [0.1, 0.15) is 41.6 Å². The van der Waals surface area contributed by atoms with Crippen LogP contribution in [0.3, 0.4) is 0 Å². The lowest BCUT2D eigenvalue weighted by atomic mass is 10.0. The summed E-state index contributed by atoms with van der Waals surface area (Å²) in [6.07, 6.45) is 2.59. The lowest BCUT2D eigenvalue weighted by Gasteiger charge is -2.11. The van der Waals surface area contributed by atoms with Crippen LogP contribution >= 0.6 is 23.1 Å². The number of rotatable bonds is 2. The van der Waals surface area contributed by atoms with Gasteiger partial charge in [-0.15, -0.1) is 0 Å². The third-order valence-electron chi connectivity index (χ3n) is 3.41. The van der Waals surface area contributed by atoms with Gasteiger partial charge in [-0.05, 0) is 12.8 Å². The molecule has 1 aliphatic carbocycles. The van der Waals surface area contributed by atoms with E-state index in [4.69, 9.17) is 0 Å². The molecule has 5 nitrogen and oxygen atoms in total. The molecule has 0 aromatic carbocycles. The first-order valence-electron chi connectivity index (χ1n) is 6.55. The number of ketones is 1. The second kappa shape index (κ2) is 5.29. The van der Waals surface area contributed by atoms with Gasteiger partial charge >= 0.3 is 0 Å². The Labute approximate surface area is 124 Å². The van der Waals surface area contributed by atoms with Gasteiger partial charge in [0.05, 0.1) is 10.6 Å². The molecule has 1 amide bonds. The van der Waals surface area contributed by atoms with Gasteiger partial charge < -0.3 is 0 Å². The number of hydrogen-bond donors (Lipinski definition) is 0. The largest absolute Gasteiger partial charge is 0.293 e. The lowest BCUT2D eigenvalue weighted by molar-refractivity contribution is -0.117. The molecule has 1 aromatic rings. The lowest BCUT2D eigenvalue weighted by Crippen LogP contribution is -2.24. The van der Waals surface area contributed by atoms with E-state index in [0.29, 0.717) is 29.4 Å². The van der Waals surface area contributed by atoms with Crippen molar-refractivity contribution in [1.82, 2.24) is 4.98 Å². The van der Waals surface area contributed by atoms with E-state index < -0.39 is 0 Å². The van der Waals surface area contributed by atoms with Gasteiger partial charge in [-0.2, -0.15) is 0 Å². The van der Waals surface area contributed by atoms with Gasteiger partial charge in [-0.1, -0.05) is 23.1 Å². The van der Waals surface area contributed by atoms with Crippen molar-refractivity contribution in [3.63, 3.8) is 0 Å². The molecule has 106 valence electrons. The molecule has 0 N–H and O–H groups in total. The summed E-state index contributed by atoms with van der Waals surface area (Å²) in [6.45, 7) is 2.02. The predicted molar refractivity (Wildman–Crippen MR) is 78.4 cm³/mol. The van der Waals surface area contributed by atoms with Crippen LogP contribution in [-0.4, -0.2) is 33.6 Å². The standard InChI is InChI=1S/C13H14N2O3S2/c1-7(16)19-8-5-11(18)15(6-8)13-14-9-3-2-4-10(17)12(9)20-13/h8H,2-6H2,1H3. The molecule has 3 rings (SSSR count). The van der Waals surface area contributed by atoms with Crippen LogP contribution in [-0.2, 0) is 16.0 Å². The fourth-order valence-electron chi connectivity index (χ4n) is 2.55. The second-order valence-electron chi connectivity index (χ2n) is 4.99. The van der Waals surface area contributed by atoms with Crippen molar-refractivity contribution in [1.29, 1.82) is 0 Å². The molecule has 20 heavy (non-hydrogen) atoms. The van der Waals surface area contributed by atoms with Crippen molar-refractivity contribution in [2.24, 2.45) is 0 Å². The highest BCUT2D eigenvalue weighted by molar-refractivity contribution is 8.14. The van der Waals surface area contributed by atoms with Gasteiger partial charge in [-0.25, -0.2) is 4.98 Å². The quantitative estimate of drug-likeness (QED) is 0.836. The Morgan fingerprint density at radius 2 is 2.20 bits per heavy atom. The van der Waals surface area contributed by atoms with E-state index >= 15 is 0 Å². The minimum absolute atomic E-state index is 0.00312. The Balaban J connectivity index is 1.81. The van der Waals surface area contributed by atoms with Crippen LogP contribution < -0.4 is 4.90 Å². The topological polar surface area (TPSA) is 67.3 Å². The maximum atomic E-state index is 12.0. The van der Waals surface area contributed by atoms with Crippen LogP contribution in [0, 0.1) is 0 Å². The molecule has 0 bridgehead atoms. The number of carbonyl (C=O) groups is 3. The molecule has 1 atom stereocenters. The highest BCUT2D eigenvalue weighted by Gasteiger charge is 2.35. The van der Waals surface area contributed by atoms with Crippen molar-refractivity contribution in [3.05, 3.63) is 10.6 Å². The van der Waals surface area contributed by atoms with Gasteiger partial charge in [0.2, 0.25) is 5.91 Å². The Hall–Kier alpha value is -1.21. The summed E-state index contributed by atoms with van der Waals surface area (Å²) in [5, 5.41) is 0.636. The second-order valence-corrected chi connectivity index (χ2v) is 7.44. The van der Waals surface area contributed by atoms with E-state index in [0.717, 1.165) is 18.5 Å². The first-order chi connectivity index (χ1) is 9.54. The van der Waals surface area contributed by atoms with E-state index in [9.17, 15) is 14.4 Å². The molecule has 0 radical (unpaired) electrons. The first-order valence-corrected chi connectivity index (χ1v) is 8.24. The van der Waals surface area contributed by atoms with E-state index in [2.05, 4.69) is 4.98 Å². The van der Waals surface area contributed by atoms with E-state index in [1.807, 2.05) is 0 Å². The van der Waals surface area contributed by atoms with Gasteiger partial charge in [0.1, 0.15) is 0 Å². The van der Waals surface area contributed by atoms with Crippen LogP contribution in [0.15, 0.2) is 0 Å². The average Bonchev–Trinajstić information content (AvgIpc) is 2.93. The van der Waals surface area contributed by atoms with Crippen molar-refractivity contribution < 1.29 is 14.4 Å². The number of fused-ring (bicyclic) bond motifs is 1. The number of carbonyl (C=O) groups excluding carboxylic acids is 3. The molecule has 0 saturated carbocycles. The zero-order chi connectivity index (χ0) is 14.3. The number of nitrogens with zero attached hydrogens (tertiary/aromatic N) is 2. The summed E-state index contributed by atoms with van der Waals surface area (Å²) in [5.74, 6) is 0.124. The molecule has 1 unspecified atom stereocenters. The molecule has 1 aliphatic heterocycles. The number of anilines is 1. The van der Waals surface area contributed by atoms with E-state index in [-0.39, 0.29) is 22.1 Å². The van der Waals surface area contributed by atoms with Crippen LogP contribution in [0.2, 0.25) is 0 Å². The Morgan fingerprint density at radius 1 is 1.40 bits per heavy atom. The molecule has 1 fully saturated rings. The molecule has 0 spiro atoms. The highest BCUT2D eigenvalue weighted by atomic mass is 32.2.